The van der Waals surface area contributed by atoms with Gasteiger partial charge >= 0.3 is 5.76 Å². The quantitative estimate of drug-likeness (QED) is 0.716. The molecule has 0 fully saturated rings. The fraction of sp³-hybridized carbons (Fsp3) is 0.222. The summed E-state index contributed by atoms with van der Waals surface area (Å²) in [6, 6.07) is 9.12. The molecule has 0 radical (unpaired) electrons. The molecule has 8 nitrogen and oxygen atoms in total. The van der Waals surface area contributed by atoms with Crippen molar-refractivity contribution in [1.82, 2.24) is 4.57 Å². The lowest BCUT2D eigenvalue weighted by molar-refractivity contribution is -0.119. The van der Waals surface area contributed by atoms with E-state index in [0.29, 0.717) is 16.9 Å². The van der Waals surface area contributed by atoms with Crippen molar-refractivity contribution in [1.29, 1.82) is 0 Å². The number of aromatic nitrogens is 1. The van der Waals surface area contributed by atoms with Gasteiger partial charge in [-0.1, -0.05) is 0 Å². The molecule has 1 amide bonds. The second-order valence-corrected chi connectivity index (χ2v) is 8.68. The Balaban J connectivity index is 1.72. The first-order chi connectivity index (χ1) is 12.6. The molecule has 9 heteroatoms. The number of oxazole rings is 1. The predicted molar refractivity (Wildman–Crippen MR) is 100 cm³/mol. The first-order valence-electron chi connectivity index (χ1n) is 8.18. The maximum Gasteiger partial charge on any atom is 0.419 e. The molecule has 0 atom stereocenters. The van der Waals surface area contributed by atoms with Crippen LogP contribution in [0.2, 0.25) is 0 Å². The number of hydrogen-bond acceptors (Lipinski definition) is 5. The Hall–Kier alpha value is -3.07. The Kier molecular flexibility index (Phi) is 3.51. The molecule has 1 aliphatic rings. The molecule has 0 bridgehead atoms. The van der Waals surface area contributed by atoms with Crippen LogP contribution in [0.4, 0.5) is 11.4 Å². The van der Waals surface area contributed by atoms with E-state index in [1.54, 1.807) is 39.1 Å². The number of rotatable bonds is 3. The van der Waals surface area contributed by atoms with Gasteiger partial charge in [0.2, 0.25) is 5.91 Å². The number of fused-ring (bicyclic) bond motifs is 2. The van der Waals surface area contributed by atoms with Crippen molar-refractivity contribution in [2.75, 3.05) is 10.0 Å². The van der Waals surface area contributed by atoms with Crippen molar-refractivity contribution < 1.29 is 17.6 Å². The van der Waals surface area contributed by atoms with Crippen LogP contribution in [-0.4, -0.2) is 18.9 Å². The van der Waals surface area contributed by atoms with Gasteiger partial charge in [-0.2, -0.15) is 0 Å². The molecule has 0 saturated heterocycles. The molecular weight excluding hydrogens is 370 g/mol. The number of anilines is 2. The standard InChI is InChI=1S/C18H17N3O5S/c1-18(2)12-8-10(4-6-13(12)19-16(18)22)20-27(24,25)11-5-7-14-15(9-11)26-17(23)21(14)3/h4-9,20H,1-3H3,(H,19,22). The molecule has 1 aliphatic heterocycles. The molecule has 0 unspecified atom stereocenters. The van der Waals surface area contributed by atoms with E-state index in [1.807, 2.05) is 0 Å². The maximum absolute atomic E-state index is 12.7. The van der Waals surface area contributed by atoms with E-state index >= 15 is 0 Å². The Morgan fingerprint density at radius 3 is 2.59 bits per heavy atom. The fourth-order valence-electron chi connectivity index (χ4n) is 3.13. The number of nitrogens with zero attached hydrogens (tertiary/aromatic N) is 1. The Morgan fingerprint density at radius 2 is 1.85 bits per heavy atom. The lowest BCUT2D eigenvalue weighted by atomic mass is 9.86. The number of nitrogens with one attached hydrogen (secondary N) is 2. The zero-order valence-corrected chi connectivity index (χ0v) is 15.7. The first kappa shape index (κ1) is 17.3. The summed E-state index contributed by atoms with van der Waals surface area (Å²) in [5.41, 5.74) is 1.67. The van der Waals surface area contributed by atoms with Gasteiger partial charge in [0.1, 0.15) is 0 Å². The van der Waals surface area contributed by atoms with E-state index < -0.39 is 21.2 Å². The minimum Gasteiger partial charge on any atom is -0.408 e. The predicted octanol–water partition coefficient (Wildman–Crippen LogP) is 2.16. The van der Waals surface area contributed by atoms with Crippen LogP contribution in [0.5, 0.6) is 0 Å². The van der Waals surface area contributed by atoms with E-state index in [4.69, 9.17) is 4.42 Å². The van der Waals surface area contributed by atoms with Gasteiger partial charge in [0.05, 0.1) is 15.8 Å². The molecule has 0 aliphatic carbocycles. The number of carbonyl (C=O) groups excluding carboxylic acids is 1. The highest BCUT2D eigenvalue weighted by Crippen LogP contribution is 2.39. The van der Waals surface area contributed by atoms with Crippen LogP contribution < -0.4 is 15.8 Å². The maximum atomic E-state index is 12.7. The second-order valence-electron chi connectivity index (χ2n) is 7.00. The Bertz CT molecular complexity index is 1270. The zero-order valence-electron chi connectivity index (χ0n) is 14.9. The SMILES string of the molecule is Cn1c(=O)oc2cc(S(=O)(=O)Nc3ccc4c(c3)C(C)(C)C(=O)N4)ccc21. The van der Waals surface area contributed by atoms with E-state index in [9.17, 15) is 18.0 Å². The highest BCUT2D eigenvalue weighted by Gasteiger charge is 2.38. The summed E-state index contributed by atoms with van der Waals surface area (Å²) in [5.74, 6) is -0.701. The first-order valence-corrected chi connectivity index (χ1v) is 9.66. The summed E-state index contributed by atoms with van der Waals surface area (Å²) >= 11 is 0. The van der Waals surface area contributed by atoms with Gasteiger partial charge in [-0.05, 0) is 49.7 Å². The van der Waals surface area contributed by atoms with Crippen molar-refractivity contribution in [3.8, 4) is 0 Å². The third-order valence-electron chi connectivity index (χ3n) is 4.84. The molecule has 27 heavy (non-hydrogen) atoms. The average Bonchev–Trinajstić information content (AvgIpc) is 3.01. The topological polar surface area (TPSA) is 110 Å². The van der Waals surface area contributed by atoms with E-state index in [2.05, 4.69) is 10.0 Å². The monoisotopic (exact) mass is 387 g/mol. The molecule has 4 rings (SSSR count). The smallest absolute Gasteiger partial charge is 0.408 e. The fourth-order valence-corrected chi connectivity index (χ4v) is 4.19. The number of amides is 1. The Labute approximate surface area is 154 Å². The summed E-state index contributed by atoms with van der Waals surface area (Å²) in [5, 5.41) is 2.78. The molecule has 0 spiro atoms. The summed E-state index contributed by atoms with van der Waals surface area (Å²) in [6.07, 6.45) is 0. The van der Waals surface area contributed by atoms with Gasteiger partial charge in [-0.3, -0.25) is 14.1 Å². The number of aryl methyl sites for hydroxylation is 1. The van der Waals surface area contributed by atoms with Crippen LogP contribution in [-0.2, 0) is 27.3 Å². The van der Waals surface area contributed by atoms with E-state index in [-0.39, 0.29) is 16.4 Å². The molecule has 2 N–H and O–H groups in total. The lowest BCUT2D eigenvalue weighted by Gasteiger charge is -2.16. The van der Waals surface area contributed by atoms with Gasteiger partial charge < -0.3 is 9.73 Å². The van der Waals surface area contributed by atoms with Crippen molar-refractivity contribution in [3.05, 3.63) is 52.5 Å². The van der Waals surface area contributed by atoms with Crippen molar-refractivity contribution in [3.63, 3.8) is 0 Å². The Morgan fingerprint density at radius 1 is 1.11 bits per heavy atom. The van der Waals surface area contributed by atoms with Gasteiger partial charge in [0, 0.05) is 24.5 Å². The number of hydrogen-bond donors (Lipinski definition) is 2. The molecule has 3 aromatic rings. The zero-order chi connectivity index (χ0) is 19.6. The summed E-state index contributed by atoms with van der Waals surface area (Å²) < 4.78 is 34.3. The second kappa shape index (κ2) is 5.46. The van der Waals surface area contributed by atoms with E-state index in [1.165, 1.54) is 22.8 Å². The lowest BCUT2D eigenvalue weighted by Crippen LogP contribution is -2.26. The highest BCUT2D eigenvalue weighted by molar-refractivity contribution is 7.92. The highest BCUT2D eigenvalue weighted by atomic mass is 32.2. The van der Waals surface area contributed by atoms with E-state index in [0.717, 1.165) is 5.56 Å². The van der Waals surface area contributed by atoms with Gasteiger partial charge in [0.25, 0.3) is 10.0 Å². The molecule has 140 valence electrons. The van der Waals surface area contributed by atoms with Crippen molar-refractivity contribution in [2.45, 2.75) is 24.2 Å². The third kappa shape index (κ3) is 2.62. The summed E-state index contributed by atoms with van der Waals surface area (Å²) in [6.45, 7) is 3.55. The minimum atomic E-state index is -3.90. The molecule has 1 aromatic heterocycles. The summed E-state index contributed by atoms with van der Waals surface area (Å²) in [7, 11) is -2.36. The third-order valence-corrected chi connectivity index (χ3v) is 6.21. The van der Waals surface area contributed by atoms with Crippen LogP contribution in [0.25, 0.3) is 11.1 Å². The molecule has 0 saturated carbocycles. The summed E-state index contributed by atoms with van der Waals surface area (Å²) in [4.78, 5) is 23.6. The molecule has 2 aromatic carbocycles. The van der Waals surface area contributed by atoms with Crippen LogP contribution in [0.3, 0.4) is 0 Å². The largest absolute Gasteiger partial charge is 0.419 e. The van der Waals surface area contributed by atoms with Crippen LogP contribution >= 0.6 is 0 Å². The van der Waals surface area contributed by atoms with Gasteiger partial charge in [-0.15, -0.1) is 0 Å². The number of benzene rings is 2. The van der Waals surface area contributed by atoms with Crippen molar-refractivity contribution >= 4 is 38.4 Å². The van der Waals surface area contributed by atoms with Crippen LogP contribution in [0.1, 0.15) is 19.4 Å². The van der Waals surface area contributed by atoms with Crippen LogP contribution in [0, 0.1) is 0 Å². The van der Waals surface area contributed by atoms with Crippen LogP contribution in [0.15, 0.2) is 50.5 Å². The molecule has 2 heterocycles. The van der Waals surface area contributed by atoms with Crippen molar-refractivity contribution in [2.24, 2.45) is 7.05 Å². The average molecular weight is 387 g/mol. The minimum absolute atomic E-state index is 0.0293. The molecular formula is C18H17N3O5S. The number of sulfonamides is 1. The van der Waals surface area contributed by atoms with Gasteiger partial charge in [0.15, 0.2) is 5.58 Å². The number of carbonyl (C=O) groups is 1. The normalized spacial score (nSPS) is 15.6. The van der Waals surface area contributed by atoms with Gasteiger partial charge in [-0.25, -0.2) is 13.2 Å².